The van der Waals surface area contributed by atoms with Gasteiger partial charge in [-0.2, -0.15) is 0 Å². The van der Waals surface area contributed by atoms with Gasteiger partial charge in [0.1, 0.15) is 4.75 Å². The molecule has 1 N–H and O–H groups in total. The average Bonchev–Trinajstić information content (AvgIpc) is 3.32. The van der Waals surface area contributed by atoms with Crippen LogP contribution in [-0.2, 0) is 21.2 Å². The monoisotopic (exact) mass is 348 g/mol. The molecule has 3 rings (SSSR count). The van der Waals surface area contributed by atoms with Crippen molar-refractivity contribution in [2.24, 2.45) is 0 Å². The van der Waals surface area contributed by atoms with E-state index in [9.17, 15) is 13.2 Å². The summed E-state index contributed by atoms with van der Waals surface area (Å²) in [5.74, 6) is -0.470. The number of sulfone groups is 1. The lowest BCUT2D eigenvalue weighted by Crippen LogP contribution is -2.46. The van der Waals surface area contributed by atoms with Crippen LogP contribution in [0.4, 0.5) is 5.69 Å². The van der Waals surface area contributed by atoms with Gasteiger partial charge in [-0.3, -0.25) is 4.79 Å². The molecular formula is C18H24N2O3S. The molecule has 1 aliphatic carbocycles. The number of carbonyl (C=O) groups excluding carboxylic acids is 1. The standard InChI is InChI=1S/C18H24N2O3S/c1-4-10-20-11-9-13-5-6-14(12-16(13)20)19-17(21)18(2,3)24(22,23)15-7-8-15/h5-6,9,11-12,15H,4,7-8,10H2,1-3H3,(H,19,21). The minimum atomic E-state index is -3.45. The van der Waals surface area contributed by atoms with Gasteiger partial charge in [0.25, 0.3) is 0 Å². The van der Waals surface area contributed by atoms with Crippen LogP contribution in [0.15, 0.2) is 30.5 Å². The van der Waals surface area contributed by atoms with Crippen LogP contribution in [-0.4, -0.2) is 28.9 Å². The lowest BCUT2D eigenvalue weighted by atomic mass is 10.1. The summed E-state index contributed by atoms with van der Waals surface area (Å²) in [6.07, 6.45) is 4.37. The molecule has 6 heteroatoms. The first kappa shape index (κ1) is 17.0. The maximum absolute atomic E-state index is 12.6. The Hall–Kier alpha value is -1.82. The fourth-order valence-corrected chi connectivity index (χ4v) is 4.80. The fraction of sp³-hybridized carbons (Fsp3) is 0.500. The van der Waals surface area contributed by atoms with Gasteiger partial charge in [0.15, 0.2) is 9.84 Å². The van der Waals surface area contributed by atoms with Gasteiger partial charge < -0.3 is 9.88 Å². The first-order valence-electron chi connectivity index (χ1n) is 8.41. The summed E-state index contributed by atoms with van der Waals surface area (Å²) in [6.45, 7) is 6.01. The van der Waals surface area contributed by atoms with Crippen LogP contribution in [0.25, 0.3) is 10.9 Å². The second-order valence-corrected chi connectivity index (χ2v) is 9.77. The van der Waals surface area contributed by atoms with E-state index in [1.807, 2.05) is 30.5 Å². The Morgan fingerprint density at radius 2 is 2.00 bits per heavy atom. The quantitative estimate of drug-likeness (QED) is 0.870. The van der Waals surface area contributed by atoms with Crippen LogP contribution >= 0.6 is 0 Å². The highest BCUT2D eigenvalue weighted by molar-refractivity contribution is 7.94. The zero-order valence-electron chi connectivity index (χ0n) is 14.4. The third-order valence-electron chi connectivity index (χ3n) is 4.72. The number of carbonyl (C=O) groups is 1. The van der Waals surface area contributed by atoms with Crippen LogP contribution in [0.5, 0.6) is 0 Å². The normalized spacial score (nSPS) is 15.6. The molecule has 24 heavy (non-hydrogen) atoms. The van der Waals surface area contributed by atoms with Crippen molar-refractivity contribution in [1.82, 2.24) is 4.57 Å². The van der Waals surface area contributed by atoms with Crippen LogP contribution < -0.4 is 5.32 Å². The Morgan fingerprint density at radius 1 is 1.29 bits per heavy atom. The molecule has 0 spiro atoms. The summed E-state index contributed by atoms with van der Waals surface area (Å²) in [4.78, 5) is 12.6. The highest BCUT2D eigenvalue weighted by atomic mass is 32.2. The smallest absolute Gasteiger partial charge is 0.245 e. The number of nitrogens with one attached hydrogen (secondary N) is 1. The molecule has 5 nitrogen and oxygen atoms in total. The molecule has 1 heterocycles. The summed E-state index contributed by atoms with van der Waals surface area (Å²) in [5.41, 5.74) is 1.67. The fourth-order valence-electron chi connectivity index (χ4n) is 2.90. The molecule has 2 aromatic rings. The number of aromatic nitrogens is 1. The molecule has 1 aliphatic rings. The second-order valence-electron chi connectivity index (χ2n) is 6.99. The van der Waals surface area contributed by atoms with Gasteiger partial charge in [-0.15, -0.1) is 0 Å². The van der Waals surface area contributed by atoms with Crippen molar-refractivity contribution in [1.29, 1.82) is 0 Å². The Bertz CT molecular complexity index is 877. The number of hydrogen-bond donors (Lipinski definition) is 1. The Balaban J connectivity index is 1.86. The minimum absolute atomic E-state index is 0.359. The van der Waals surface area contributed by atoms with Crippen molar-refractivity contribution in [2.75, 3.05) is 5.32 Å². The largest absolute Gasteiger partial charge is 0.347 e. The second kappa shape index (κ2) is 5.92. The molecule has 0 radical (unpaired) electrons. The molecule has 1 fully saturated rings. The van der Waals surface area contributed by atoms with Crippen LogP contribution in [0, 0.1) is 0 Å². The number of hydrogen-bond acceptors (Lipinski definition) is 3. The zero-order valence-corrected chi connectivity index (χ0v) is 15.2. The van der Waals surface area contributed by atoms with Crippen molar-refractivity contribution < 1.29 is 13.2 Å². The van der Waals surface area contributed by atoms with E-state index in [0.717, 1.165) is 23.9 Å². The van der Waals surface area contributed by atoms with Gasteiger partial charge in [-0.25, -0.2) is 8.42 Å². The predicted octanol–water partition coefficient (Wildman–Crippen LogP) is 3.35. The molecule has 0 atom stereocenters. The summed E-state index contributed by atoms with van der Waals surface area (Å²) in [7, 11) is -3.45. The van der Waals surface area contributed by atoms with Gasteiger partial charge in [0, 0.05) is 18.4 Å². The topological polar surface area (TPSA) is 68.2 Å². The van der Waals surface area contributed by atoms with E-state index in [0.29, 0.717) is 18.5 Å². The van der Waals surface area contributed by atoms with Gasteiger partial charge in [0.05, 0.1) is 10.8 Å². The number of aryl methyl sites for hydroxylation is 1. The van der Waals surface area contributed by atoms with E-state index < -0.39 is 20.5 Å². The number of fused-ring (bicyclic) bond motifs is 1. The van der Waals surface area contributed by atoms with E-state index in [2.05, 4.69) is 16.8 Å². The molecule has 0 aliphatic heterocycles. The summed E-state index contributed by atoms with van der Waals surface area (Å²) in [6, 6.07) is 7.71. The highest BCUT2D eigenvalue weighted by Gasteiger charge is 2.50. The lowest BCUT2D eigenvalue weighted by molar-refractivity contribution is -0.117. The lowest BCUT2D eigenvalue weighted by Gasteiger charge is -2.23. The van der Waals surface area contributed by atoms with Crippen molar-refractivity contribution in [3.05, 3.63) is 30.5 Å². The molecule has 1 amide bonds. The maximum Gasteiger partial charge on any atom is 0.245 e. The molecular weight excluding hydrogens is 324 g/mol. The van der Waals surface area contributed by atoms with E-state index in [4.69, 9.17) is 0 Å². The van der Waals surface area contributed by atoms with Crippen LogP contribution in [0.3, 0.4) is 0 Å². The Kier molecular flexibility index (Phi) is 4.20. The van der Waals surface area contributed by atoms with E-state index in [1.165, 1.54) is 13.8 Å². The van der Waals surface area contributed by atoms with Crippen molar-refractivity contribution in [2.45, 2.75) is 56.6 Å². The molecule has 0 unspecified atom stereocenters. The van der Waals surface area contributed by atoms with Crippen molar-refractivity contribution in [3.8, 4) is 0 Å². The molecule has 1 saturated carbocycles. The van der Waals surface area contributed by atoms with Crippen LogP contribution in [0.1, 0.15) is 40.0 Å². The van der Waals surface area contributed by atoms with E-state index >= 15 is 0 Å². The summed E-state index contributed by atoms with van der Waals surface area (Å²) < 4.78 is 25.7. The zero-order chi connectivity index (χ0) is 17.5. The molecule has 1 aromatic heterocycles. The predicted molar refractivity (Wildman–Crippen MR) is 96.9 cm³/mol. The Labute approximate surface area is 143 Å². The van der Waals surface area contributed by atoms with Gasteiger partial charge in [0.2, 0.25) is 5.91 Å². The number of nitrogens with zero attached hydrogens (tertiary/aromatic N) is 1. The van der Waals surface area contributed by atoms with Crippen molar-refractivity contribution >= 4 is 32.3 Å². The summed E-state index contributed by atoms with van der Waals surface area (Å²) >= 11 is 0. The Morgan fingerprint density at radius 3 is 2.62 bits per heavy atom. The maximum atomic E-state index is 12.6. The number of amides is 1. The van der Waals surface area contributed by atoms with Gasteiger partial charge in [-0.1, -0.05) is 13.0 Å². The highest BCUT2D eigenvalue weighted by Crippen LogP contribution is 2.36. The number of benzene rings is 1. The minimum Gasteiger partial charge on any atom is -0.347 e. The van der Waals surface area contributed by atoms with Gasteiger partial charge in [-0.05, 0) is 56.7 Å². The first-order chi connectivity index (χ1) is 11.3. The average molecular weight is 348 g/mol. The summed E-state index contributed by atoms with van der Waals surface area (Å²) in [5, 5.41) is 3.54. The SMILES string of the molecule is CCCn1ccc2ccc(NC(=O)C(C)(C)S(=O)(=O)C3CC3)cc21. The molecule has 130 valence electrons. The van der Waals surface area contributed by atoms with E-state index in [1.54, 1.807) is 0 Å². The molecule has 1 aromatic carbocycles. The van der Waals surface area contributed by atoms with Crippen LogP contribution in [0.2, 0.25) is 0 Å². The number of rotatable bonds is 6. The van der Waals surface area contributed by atoms with Crippen molar-refractivity contribution in [3.63, 3.8) is 0 Å². The van der Waals surface area contributed by atoms with E-state index in [-0.39, 0.29) is 5.25 Å². The number of anilines is 1. The third kappa shape index (κ3) is 2.83. The molecule has 0 saturated heterocycles. The van der Waals surface area contributed by atoms with Gasteiger partial charge >= 0.3 is 0 Å². The first-order valence-corrected chi connectivity index (χ1v) is 9.96. The third-order valence-corrected chi connectivity index (χ3v) is 7.67. The molecule has 0 bridgehead atoms.